The third-order valence-corrected chi connectivity index (χ3v) is 6.84. The van der Waals surface area contributed by atoms with E-state index in [-0.39, 0.29) is 12.5 Å². The van der Waals surface area contributed by atoms with Gasteiger partial charge in [-0.3, -0.25) is 13.9 Å². The number of carbonyl (C=O) groups excluding carboxylic acids is 2. The average Bonchev–Trinajstić information content (AvgIpc) is 2.74. The first-order valence-corrected chi connectivity index (χ1v) is 13.5. The predicted octanol–water partition coefficient (Wildman–Crippen LogP) is 3.86. The lowest BCUT2D eigenvalue weighted by Gasteiger charge is -2.31. The number of benzene rings is 2. The monoisotopic (exact) mass is 537 g/mol. The van der Waals surface area contributed by atoms with Crippen LogP contribution in [0.25, 0.3) is 0 Å². The molecule has 0 saturated carbocycles. The predicted molar refractivity (Wildman–Crippen MR) is 135 cm³/mol. The van der Waals surface area contributed by atoms with Crippen LogP contribution in [0.1, 0.15) is 37.8 Å². The lowest BCUT2D eigenvalue weighted by Crippen LogP contribution is -2.51. The Labute approximate surface area is 205 Å². The molecule has 1 N–H and O–H groups in total. The van der Waals surface area contributed by atoms with Gasteiger partial charge in [-0.05, 0) is 44.0 Å². The van der Waals surface area contributed by atoms with Crippen molar-refractivity contribution in [1.82, 2.24) is 10.2 Å². The van der Waals surface area contributed by atoms with Gasteiger partial charge in [0.2, 0.25) is 21.8 Å². The first-order valence-electron chi connectivity index (χ1n) is 10.9. The van der Waals surface area contributed by atoms with Crippen molar-refractivity contribution in [2.24, 2.45) is 0 Å². The van der Waals surface area contributed by atoms with Gasteiger partial charge in [-0.25, -0.2) is 8.42 Å². The van der Waals surface area contributed by atoms with E-state index in [9.17, 15) is 18.0 Å². The number of carbonyl (C=O) groups is 2. The Balaban J connectivity index is 2.34. The summed E-state index contributed by atoms with van der Waals surface area (Å²) in [6.45, 7) is 5.96. The highest BCUT2D eigenvalue weighted by molar-refractivity contribution is 9.10. The highest BCUT2D eigenvalue weighted by Gasteiger charge is 2.30. The molecule has 0 aliphatic heterocycles. The molecule has 0 aliphatic carbocycles. The summed E-state index contributed by atoms with van der Waals surface area (Å²) in [5.74, 6) is -0.724. The van der Waals surface area contributed by atoms with Gasteiger partial charge in [-0.2, -0.15) is 0 Å². The second kappa shape index (κ2) is 12.2. The fraction of sp³-hybridized carbons (Fsp3) is 0.417. The van der Waals surface area contributed by atoms with Crippen LogP contribution in [0.5, 0.6) is 0 Å². The van der Waals surface area contributed by atoms with E-state index in [2.05, 4.69) is 21.2 Å². The Bertz CT molecular complexity index is 1070. The van der Waals surface area contributed by atoms with Gasteiger partial charge in [0, 0.05) is 17.6 Å². The lowest BCUT2D eigenvalue weighted by molar-refractivity contribution is -0.139. The minimum absolute atomic E-state index is 0.193. The zero-order valence-electron chi connectivity index (χ0n) is 19.5. The molecule has 1 atom stereocenters. The van der Waals surface area contributed by atoms with Crippen LogP contribution < -0.4 is 9.62 Å². The molecular weight excluding hydrogens is 506 g/mol. The number of sulfonamides is 1. The number of aryl methyl sites for hydroxylation is 1. The molecule has 0 bridgehead atoms. The SMILES string of the molecule is CCCCNC(=O)[C@@H](C)N(Cc1cccc(C)c1)C(=O)CN(c1cccc(Br)c1)S(C)(=O)=O. The minimum Gasteiger partial charge on any atom is -0.354 e. The second-order valence-electron chi connectivity index (χ2n) is 8.08. The third kappa shape index (κ3) is 8.16. The first kappa shape index (κ1) is 26.9. The van der Waals surface area contributed by atoms with Crippen molar-refractivity contribution in [3.63, 3.8) is 0 Å². The number of nitrogens with zero attached hydrogens (tertiary/aromatic N) is 2. The molecule has 33 heavy (non-hydrogen) atoms. The summed E-state index contributed by atoms with van der Waals surface area (Å²) in [4.78, 5) is 27.7. The quantitative estimate of drug-likeness (QED) is 0.441. The molecule has 0 aliphatic rings. The van der Waals surface area contributed by atoms with Crippen molar-refractivity contribution < 1.29 is 18.0 Å². The molecule has 180 valence electrons. The molecule has 2 aromatic carbocycles. The Kier molecular flexibility index (Phi) is 9.91. The topological polar surface area (TPSA) is 86.8 Å². The normalized spacial score (nSPS) is 12.2. The maximum Gasteiger partial charge on any atom is 0.244 e. The maximum absolute atomic E-state index is 13.5. The van der Waals surface area contributed by atoms with Gasteiger partial charge < -0.3 is 10.2 Å². The number of hydrogen-bond acceptors (Lipinski definition) is 4. The molecule has 2 amide bonds. The van der Waals surface area contributed by atoms with Crippen molar-refractivity contribution in [2.75, 3.05) is 23.7 Å². The number of hydrogen-bond donors (Lipinski definition) is 1. The Morgan fingerprint density at radius 3 is 2.42 bits per heavy atom. The molecule has 0 fully saturated rings. The van der Waals surface area contributed by atoms with E-state index < -0.39 is 28.5 Å². The molecule has 0 unspecified atom stereocenters. The number of halogens is 1. The van der Waals surface area contributed by atoms with Crippen LogP contribution >= 0.6 is 15.9 Å². The van der Waals surface area contributed by atoms with Crippen LogP contribution in [0, 0.1) is 6.92 Å². The minimum atomic E-state index is -3.74. The Morgan fingerprint density at radius 1 is 1.12 bits per heavy atom. The molecule has 0 aromatic heterocycles. The summed E-state index contributed by atoms with van der Waals surface area (Å²) < 4.78 is 26.8. The van der Waals surface area contributed by atoms with E-state index in [1.807, 2.05) is 38.1 Å². The summed E-state index contributed by atoms with van der Waals surface area (Å²) in [5, 5.41) is 2.87. The highest BCUT2D eigenvalue weighted by Crippen LogP contribution is 2.23. The van der Waals surface area contributed by atoms with Crippen LogP contribution in [0.15, 0.2) is 53.0 Å². The molecule has 0 heterocycles. The third-order valence-electron chi connectivity index (χ3n) is 5.21. The number of nitrogens with one attached hydrogen (secondary N) is 1. The molecule has 2 aromatic rings. The van der Waals surface area contributed by atoms with E-state index in [4.69, 9.17) is 0 Å². The fourth-order valence-corrected chi connectivity index (χ4v) is 4.60. The van der Waals surface area contributed by atoms with Crippen LogP contribution in [0.3, 0.4) is 0 Å². The fourth-order valence-electron chi connectivity index (χ4n) is 3.37. The van der Waals surface area contributed by atoms with Gasteiger partial charge in [-0.15, -0.1) is 0 Å². The zero-order valence-corrected chi connectivity index (χ0v) is 21.9. The van der Waals surface area contributed by atoms with Crippen LogP contribution in [-0.2, 0) is 26.2 Å². The van der Waals surface area contributed by atoms with Gasteiger partial charge in [0.1, 0.15) is 12.6 Å². The number of unbranched alkanes of at least 4 members (excludes halogenated alkanes) is 1. The van der Waals surface area contributed by atoms with Crippen molar-refractivity contribution in [1.29, 1.82) is 0 Å². The van der Waals surface area contributed by atoms with E-state index in [1.165, 1.54) is 4.90 Å². The maximum atomic E-state index is 13.5. The van der Waals surface area contributed by atoms with Crippen LogP contribution in [0.4, 0.5) is 5.69 Å². The van der Waals surface area contributed by atoms with Gasteiger partial charge >= 0.3 is 0 Å². The zero-order chi connectivity index (χ0) is 24.6. The molecule has 0 saturated heterocycles. The molecule has 7 nitrogen and oxygen atoms in total. The van der Waals surface area contributed by atoms with Crippen molar-refractivity contribution in [3.05, 3.63) is 64.1 Å². The molecule has 0 spiro atoms. The smallest absolute Gasteiger partial charge is 0.244 e. The molecular formula is C24H32BrN3O4S. The van der Waals surface area contributed by atoms with Gasteiger partial charge in [-0.1, -0.05) is 65.2 Å². The van der Waals surface area contributed by atoms with Gasteiger partial charge in [0.25, 0.3) is 0 Å². The van der Waals surface area contributed by atoms with Crippen molar-refractivity contribution in [3.8, 4) is 0 Å². The summed E-state index contributed by atoms with van der Waals surface area (Å²) in [6, 6.07) is 13.7. The summed E-state index contributed by atoms with van der Waals surface area (Å²) in [5.41, 5.74) is 2.27. The summed E-state index contributed by atoms with van der Waals surface area (Å²) in [6.07, 6.45) is 2.85. The number of rotatable bonds is 11. The van der Waals surface area contributed by atoms with Crippen molar-refractivity contribution >= 4 is 43.5 Å². The van der Waals surface area contributed by atoms with Gasteiger partial charge in [0.05, 0.1) is 11.9 Å². The Hall–Kier alpha value is -2.39. The summed E-state index contributed by atoms with van der Waals surface area (Å²) in [7, 11) is -3.74. The van der Waals surface area contributed by atoms with E-state index in [0.717, 1.165) is 34.5 Å². The molecule has 0 radical (unpaired) electrons. The second-order valence-corrected chi connectivity index (χ2v) is 10.9. The van der Waals surface area contributed by atoms with E-state index >= 15 is 0 Å². The van der Waals surface area contributed by atoms with E-state index in [1.54, 1.807) is 31.2 Å². The van der Waals surface area contributed by atoms with Gasteiger partial charge in [0.15, 0.2) is 0 Å². The van der Waals surface area contributed by atoms with Crippen molar-refractivity contribution in [2.45, 2.75) is 46.2 Å². The first-order chi connectivity index (χ1) is 15.5. The number of amides is 2. The average molecular weight is 539 g/mol. The largest absolute Gasteiger partial charge is 0.354 e. The Morgan fingerprint density at radius 2 is 1.82 bits per heavy atom. The van der Waals surface area contributed by atoms with E-state index in [0.29, 0.717) is 16.7 Å². The number of anilines is 1. The standard InChI is InChI=1S/C24H32BrN3O4S/c1-5-6-13-26-24(30)19(3)27(16-20-10-7-9-18(2)14-20)23(29)17-28(33(4,31)32)22-12-8-11-21(25)15-22/h7-12,14-15,19H,5-6,13,16-17H2,1-4H3,(H,26,30)/t19-/m1/s1. The highest BCUT2D eigenvalue weighted by atomic mass is 79.9. The van der Waals surface area contributed by atoms with Crippen LogP contribution in [-0.4, -0.2) is 50.5 Å². The summed E-state index contributed by atoms with van der Waals surface area (Å²) >= 11 is 3.35. The molecule has 9 heteroatoms. The lowest BCUT2D eigenvalue weighted by atomic mass is 10.1. The van der Waals surface area contributed by atoms with Crippen LogP contribution in [0.2, 0.25) is 0 Å². The molecule has 2 rings (SSSR count).